The van der Waals surface area contributed by atoms with E-state index in [2.05, 4.69) is 4.72 Å². The molecule has 0 bridgehead atoms. The highest BCUT2D eigenvalue weighted by atomic mass is 32.2. The minimum absolute atomic E-state index is 0.00405. The van der Waals surface area contributed by atoms with E-state index in [-0.39, 0.29) is 10.8 Å². The molecule has 0 atom stereocenters. The molecule has 1 heterocycles. The summed E-state index contributed by atoms with van der Waals surface area (Å²) in [4.78, 5) is 13.8. The van der Waals surface area contributed by atoms with Crippen LogP contribution in [0.15, 0.2) is 41.3 Å². The first kappa shape index (κ1) is 20.0. The highest BCUT2D eigenvalue weighted by Crippen LogP contribution is 2.35. The number of nitrogens with one attached hydrogen (secondary N) is 1. The van der Waals surface area contributed by atoms with Crippen molar-refractivity contribution >= 4 is 27.3 Å². The van der Waals surface area contributed by atoms with Crippen LogP contribution in [0.25, 0.3) is 0 Å². The Kier molecular flexibility index (Phi) is 5.79. The molecule has 28 heavy (non-hydrogen) atoms. The number of sulfonamides is 1. The summed E-state index contributed by atoms with van der Waals surface area (Å²) in [7, 11) is -2.36. The Morgan fingerprint density at radius 1 is 1.14 bits per heavy atom. The van der Waals surface area contributed by atoms with Crippen molar-refractivity contribution in [2.75, 3.05) is 29.9 Å². The number of ether oxygens (including phenoxy) is 2. The minimum Gasteiger partial charge on any atom is -0.495 e. The first-order valence-corrected chi connectivity index (χ1v) is 10.6. The number of carbonyl (C=O) groups is 1. The summed E-state index contributed by atoms with van der Waals surface area (Å²) in [6, 6.07) is 9.90. The number of anilines is 2. The van der Waals surface area contributed by atoms with Crippen LogP contribution in [0.1, 0.15) is 25.3 Å². The fraction of sp³-hybridized carbons (Fsp3) is 0.350. The first-order valence-electron chi connectivity index (χ1n) is 9.10. The molecule has 1 aliphatic rings. The highest BCUT2D eigenvalue weighted by molar-refractivity contribution is 7.92. The van der Waals surface area contributed by atoms with Crippen molar-refractivity contribution in [3.8, 4) is 11.5 Å². The van der Waals surface area contributed by atoms with E-state index in [9.17, 15) is 13.2 Å². The number of benzene rings is 2. The molecule has 0 unspecified atom stereocenters. The summed E-state index contributed by atoms with van der Waals surface area (Å²) in [6.45, 7) is 4.55. The predicted octanol–water partition coefficient (Wildman–Crippen LogP) is 3.33. The maximum absolute atomic E-state index is 13.0. The molecule has 0 spiro atoms. The molecule has 150 valence electrons. The summed E-state index contributed by atoms with van der Waals surface area (Å²) in [5.41, 5.74) is 1.71. The Morgan fingerprint density at radius 2 is 1.89 bits per heavy atom. The summed E-state index contributed by atoms with van der Waals surface area (Å²) in [6.07, 6.45) is 1.24. The maximum Gasteiger partial charge on any atom is 0.265 e. The predicted molar refractivity (Wildman–Crippen MR) is 108 cm³/mol. The zero-order chi connectivity index (χ0) is 20.3. The number of amides is 1. The molecule has 7 nitrogen and oxygen atoms in total. The molecule has 3 rings (SSSR count). The van der Waals surface area contributed by atoms with Gasteiger partial charge in [-0.25, -0.2) is 8.42 Å². The second-order valence-electron chi connectivity index (χ2n) is 6.52. The quantitative estimate of drug-likeness (QED) is 0.765. The average molecular weight is 404 g/mol. The van der Waals surface area contributed by atoms with Gasteiger partial charge < -0.3 is 14.4 Å². The van der Waals surface area contributed by atoms with E-state index in [1.165, 1.54) is 7.11 Å². The van der Waals surface area contributed by atoms with E-state index in [0.717, 1.165) is 12.0 Å². The van der Waals surface area contributed by atoms with E-state index >= 15 is 0 Å². The SMILES string of the molecule is CCOc1ccc(C)cc1S(=O)(=O)Nc1ccc(OC)c(N2CCCC2=O)c1. The molecular weight excluding hydrogens is 380 g/mol. The van der Waals surface area contributed by atoms with E-state index < -0.39 is 10.0 Å². The van der Waals surface area contributed by atoms with Crippen LogP contribution in [0.2, 0.25) is 0 Å². The summed E-state index contributed by atoms with van der Waals surface area (Å²) >= 11 is 0. The lowest BCUT2D eigenvalue weighted by molar-refractivity contribution is -0.117. The minimum atomic E-state index is -3.88. The number of aryl methyl sites for hydroxylation is 1. The fourth-order valence-electron chi connectivity index (χ4n) is 3.18. The van der Waals surface area contributed by atoms with Crippen molar-refractivity contribution in [2.45, 2.75) is 31.6 Å². The van der Waals surface area contributed by atoms with Gasteiger partial charge in [-0.05, 0) is 56.2 Å². The summed E-state index contributed by atoms with van der Waals surface area (Å²) in [5, 5.41) is 0. The fourth-order valence-corrected chi connectivity index (χ4v) is 4.46. The Hall–Kier alpha value is -2.74. The van der Waals surface area contributed by atoms with Crippen molar-refractivity contribution in [1.82, 2.24) is 0 Å². The standard InChI is InChI=1S/C20H24N2O5S/c1-4-27-18-9-7-14(2)12-19(18)28(24,25)21-15-8-10-17(26-3)16(13-15)22-11-5-6-20(22)23/h7-10,12-13,21H,4-6,11H2,1-3H3. The summed E-state index contributed by atoms with van der Waals surface area (Å²) in [5.74, 6) is 0.809. The van der Waals surface area contributed by atoms with Crippen LogP contribution < -0.4 is 19.1 Å². The van der Waals surface area contributed by atoms with Gasteiger partial charge in [0.15, 0.2) is 0 Å². The zero-order valence-corrected chi connectivity index (χ0v) is 17.0. The molecule has 1 aliphatic heterocycles. The number of hydrogen-bond acceptors (Lipinski definition) is 5. The van der Waals surface area contributed by atoms with E-state index in [0.29, 0.717) is 42.4 Å². The molecule has 0 aromatic heterocycles. The van der Waals surface area contributed by atoms with Crippen molar-refractivity contribution in [2.24, 2.45) is 0 Å². The molecule has 0 radical (unpaired) electrons. The van der Waals surface area contributed by atoms with Crippen LogP contribution in [0.3, 0.4) is 0 Å². The molecule has 8 heteroatoms. The van der Waals surface area contributed by atoms with Gasteiger partial charge in [0.1, 0.15) is 16.4 Å². The van der Waals surface area contributed by atoms with Gasteiger partial charge in [-0.2, -0.15) is 0 Å². The van der Waals surface area contributed by atoms with E-state index in [4.69, 9.17) is 9.47 Å². The van der Waals surface area contributed by atoms with E-state index in [1.807, 2.05) is 6.92 Å². The average Bonchev–Trinajstić information content (AvgIpc) is 3.08. The maximum atomic E-state index is 13.0. The Bertz CT molecular complexity index is 988. The lowest BCUT2D eigenvalue weighted by Gasteiger charge is -2.20. The Morgan fingerprint density at radius 3 is 2.54 bits per heavy atom. The van der Waals surface area contributed by atoms with Crippen LogP contribution in [0, 0.1) is 6.92 Å². The van der Waals surface area contributed by atoms with Crippen LogP contribution in [-0.2, 0) is 14.8 Å². The van der Waals surface area contributed by atoms with Gasteiger partial charge in [-0.3, -0.25) is 9.52 Å². The molecular formula is C20H24N2O5S. The number of nitrogens with zero attached hydrogens (tertiary/aromatic N) is 1. The Labute approximate surface area is 165 Å². The lowest BCUT2D eigenvalue weighted by Crippen LogP contribution is -2.24. The van der Waals surface area contributed by atoms with Gasteiger partial charge in [-0.1, -0.05) is 6.07 Å². The van der Waals surface area contributed by atoms with Gasteiger partial charge in [0.25, 0.3) is 10.0 Å². The van der Waals surface area contributed by atoms with Gasteiger partial charge in [0, 0.05) is 13.0 Å². The smallest absolute Gasteiger partial charge is 0.265 e. The lowest BCUT2D eigenvalue weighted by atomic mass is 10.2. The number of rotatable bonds is 7. The third-order valence-corrected chi connectivity index (χ3v) is 5.89. The van der Waals surface area contributed by atoms with Gasteiger partial charge in [0.2, 0.25) is 5.91 Å². The second kappa shape index (κ2) is 8.10. The van der Waals surface area contributed by atoms with E-state index in [1.54, 1.807) is 48.2 Å². The van der Waals surface area contributed by atoms with Gasteiger partial charge in [-0.15, -0.1) is 0 Å². The molecule has 1 fully saturated rings. The molecule has 0 saturated carbocycles. The van der Waals surface area contributed by atoms with Crippen LogP contribution in [0.5, 0.6) is 11.5 Å². The van der Waals surface area contributed by atoms with Gasteiger partial charge >= 0.3 is 0 Å². The molecule has 1 N–H and O–H groups in total. The van der Waals surface area contributed by atoms with Crippen molar-refractivity contribution in [1.29, 1.82) is 0 Å². The second-order valence-corrected chi connectivity index (χ2v) is 8.18. The number of methoxy groups -OCH3 is 1. The molecule has 2 aromatic rings. The molecule has 2 aromatic carbocycles. The van der Waals surface area contributed by atoms with Crippen molar-refractivity contribution in [3.63, 3.8) is 0 Å². The monoisotopic (exact) mass is 404 g/mol. The Balaban J connectivity index is 1.97. The third-order valence-electron chi connectivity index (χ3n) is 4.48. The largest absolute Gasteiger partial charge is 0.495 e. The zero-order valence-electron chi connectivity index (χ0n) is 16.2. The van der Waals surface area contributed by atoms with Crippen LogP contribution >= 0.6 is 0 Å². The van der Waals surface area contributed by atoms with Crippen molar-refractivity contribution in [3.05, 3.63) is 42.0 Å². The summed E-state index contributed by atoms with van der Waals surface area (Å²) < 4.78 is 39.4. The topological polar surface area (TPSA) is 84.9 Å². The van der Waals surface area contributed by atoms with Crippen molar-refractivity contribution < 1.29 is 22.7 Å². The van der Waals surface area contributed by atoms with Crippen LogP contribution in [-0.4, -0.2) is 34.6 Å². The third kappa shape index (κ3) is 4.06. The first-order chi connectivity index (χ1) is 13.4. The van der Waals surface area contributed by atoms with Gasteiger partial charge in [0.05, 0.1) is 25.1 Å². The van der Waals surface area contributed by atoms with Crippen LogP contribution in [0.4, 0.5) is 11.4 Å². The number of hydrogen-bond donors (Lipinski definition) is 1. The molecule has 1 amide bonds. The molecule has 0 aliphatic carbocycles. The number of carbonyl (C=O) groups excluding carboxylic acids is 1. The molecule has 1 saturated heterocycles. The normalized spacial score (nSPS) is 14.2. The highest BCUT2D eigenvalue weighted by Gasteiger charge is 2.26.